The summed E-state index contributed by atoms with van der Waals surface area (Å²) >= 11 is 1.84. The topological polar surface area (TPSA) is 43.4 Å². The minimum absolute atomic E-state index is 0.410. The van der Waals surface area contributed by atoms with Gasteiger partial charge in [-0.3, -0.25) is 0 Å². The van der Waals surface area contributed by atoms with Gasteiger partial charge in [-0.15, -0.1) is 11.3 Å². The van der Waals surface area contributed by atoms with E-state index < -0.39 is 0 Å². The molecule has 3 rings (SSSR count). The van der Waals surface area contributed by atoms with Crippen LogP contribution in [0.4, 0.5) is 0 Å². The van der Waals surface area contributed by atoms with Crippen molar-refractivity contribution in [1.29, 1.82) is 0 Å². The number of ether oxygens (including phenoxy) is 2. The molecule has 5 heteroatoms. The zero-order valence-corrected chi connectivity index (χ0v) is 13.3. The Morgan fingerprint density at radius 2 is 2.30 bits per heavy atom. The van der Waals surface area contributed by atoms with Crippen molar-refractivity contribution in [3.05, 3.63) is 15.6 Å². The Kier molecular flexibility index (Phi) is 4.40. The number of aromatic nitrogens is 1. The van der Waals surface area contributed by atoms with Crippen molar-refractivity contribution in [2.24, 2.45) is 0 Å². The van der Waals surface area contributed by atoms with Crippen molar-refractivity contribution >= 4 is 11.3 Å². The normalized spacial score (nSPS) is 28.7. The standard InChI is InChI=1S/C15H24N2O2S/c1-9(2)16-7-14-12(8-18-3)17-15(20-14)11-6-10-4-5-13(11)19-10/h9-11,13,16H,4-8H2,1-3H3. The number of nitrogens with one attached hydrogen (secondary N) is 1. The minimum Gasteiger partial charge on any atom is -0.378 e. The van der Waals surface area contributed by atoms with E-state index in [4.69, 9.17) is 14.5 Å². The highest BCUT2D eigenvalue weighted by molar-refractivity contribution is 7.11. The number of methoxy groups -OCH3 is 1. The largest absolute Gasteiger partial charge is 0.378 e. The molecule has 4 nitrogen and oxygen atoms in total. The predicted molar refractivity (Wildman–Crippen MR) is 80.1 cm³/mol. The third kappa shape index (κ3) is 2.91. The van der Waals surface area contributed by atoms with E-state index in [9.17, 15) is 0 Å². The fourth-order valence-corrected chi connectivity index (χ4v) is 4.33. The van der Waals surface area contributed by atoms with Gasteiger partial charge in [-0.25, -0.2) is 4.98 Å². The van der Waals surface area contributed by atoms with Crippen molar-refractivity contribution in [3.8, 4) is 0 Å². The highest BCUT2D eigenvalue weighted by Gasteiger charge is 2.43. The Morgan fingerprint density at radius 1 is 1.45 bits per heavy atom. The van der Waals surface area contributed by atoms with E-state index in [0.717, 1.165) is 18.7 Å². The second-order valence-corrected chi connectivity index (χ2v) is 7.22. The van der Waals surface area contributed by atoms with Crippen LogP contribution < -0.4 is 5.32 Å². The van der Waals surface area contributed by atoms with E-state index >= 15 is 0 Å². The first-order chi connectivity index (χ1) is 9.67. The summed E-state index contributed by atoms with van der Waals surface area (Å²) in [4.78, 5) is 6.17. The molecule has 0 aliphatic carbocycles. The highest BCUT2D eigenvalue weighted by atomic mass is 32.1. The fourth-order valence-electron chi connectivity index (χ4n) is 3.14. The summed E-state index contributed by atoms with van der Waals surface area (Å²) in [7, 11) is 1.74. The molecule has 1 aromatic heterocycles. The van der Waals surface area contributed by atoms with Crippen molar-refractivity contribution in [2.45, 2.75) is 70.4 Å². The quantitative estimate of drug-likeness (QED) is 0.876. The molecule has 0 saturated carbocycles. The molecule has 112 valence electrons. The number of fused-ring (bicyclic) bond motifs is 2. The summed E-state index contributed by atoms with van der Waals surface area (Å²) in [5.74, 6) is 0.516. The maximum atomic E-state index is 5.97. The molecule has 3 heterocycles. The molecular formula is C15H24N2O2S. The molecule has 2 bridgehead atoms. The molecule has 2 saturated heterocycles. The van der Waals surface area contributed by atoms with Crippen LogP contribution >= 0.6 is 11.3 Å². The molecule has 0 amide bonds. The van der Waals surface area contributed by atoms with Crippen LogP contribution in [0.3, 0.4) is 0 Å². The van der Waals surface area contributed by atoms with Gasteiger partial charge in [0.1, 0.15) is 0 Å². The molecule has 3 atom stereocenters. The molecule has 2 aliphatic rings. The van der Waals surface area contributed by atoms with E-state index in [-0.39, 0.29) is 0 Å². The highest BCUT2D eigenvalue weighted by Crippen LogP contribution is 2.45. The summed E-state index contributed by atoms with van der Waals surface area (Å²) < 4.78 is 11.3. The van der Waals surface area contributed by atoms with Crippen LogP contribution in [0.2, 0.25) is 0 Å². The average molecular weight is 296 g/mol. The molecule has 1 aromatic rings. The van der Waals surface area contributed by atoms with Crippen LogP contribution in [0.5, 0.6) is 0 Å². The second-order valence-electron chi connectivity index (χ2n) is 6.11. The number of nitrogens with zero attached hydrogens (tertiary/aromatic N) is 1. The van der Waals surface area contributed by atoms with Gasteiger partial charge in [0.25, 0.3) is 0 Å². The van der Waals surface area contributed by atoms with E-state index in [0.29, 0.717) is 30.8 Å². The van der Waals surface area contributed by atoms with Gasteiger partial charge in [-0.2, -0.15) is 0 Å². The van der Waals surface area contributed by atoms with Crippen molar-refractivity contribution in [3.63, 3.8) is 0 Å². The molecule has 1 N–H and O–H groups in total. The Labute approximate surface area is 124 Å². The molecule has 3 unspecified atom stereocenters. The van der Waals surface area contributed by atoms with Crippen LogP contribution in [0.1, 0.15) is 54.6 Å². The smallest absolute Gasteiger partial charge is 0.0990 e. The van der Waals surface area contributed by atoms with Gasteiger partial charge in [0.05, 0.1) is 29.5 Å². The lowest BCUT2D eigenvalue weighted by Gasteiger charge is -2.15. The van der Waals surface area contributed by atoms with Crippen LogP contribution in [0, 0.1) is 0 Å². The van der Waals surface area contributed by atoms with Gasteiger partial charge in [0, 0.05) is 30.5 Å². The summed E-state index contributed by atoms with van der Waals surface area (Å²) in [6, 6.07) is 0.488. The van der Waals surface area contributed by atoms with E-state index in [1.807, 2.05) is 11.3 Å². The number of thiazole rings is 1. The van der Waals surface area contributed by atoms with Crippen LogP contribution in [0.25, 0.3) is 0 Å². The number of hydrogen-bond donors (Lipinski definition) is 1. The Balaban J connectivity index is 1.76. The average Bonchev–Trinajstić information content (AvgIpc) is 3.11. The molecule has 2 fully saturated rings. The van der Waals surface area contributed by atoms with Crippen LogP contribution in [-0.2, 0) is 22.6 Å². The van der Waals surface area contributed by atoms with Crippen LogP contribution in [-0.4, -0.2) is 30.3 Å². The first kappa shape index (κ1) is 14.4. The van der Waals surface area contributed by atoms with Crippen molar-refractivity contribution in [2.75, 3.05) is 7.11 Å². The predicted octanol–water partition coefficient (Wildman–Crippen LogP) is 2.82. The molecule has 0 aromatic carbocycles. The molecule has 20 heavy (non-hydrogen) atoms. The van der Waals surface area contributed by atoms with E-state index in [1.54, 1.807) is 7.11 Å². The minimum atomic E-state index is 0.410. The summed E-state index contributed by atoms with van der Waals surface area (Å²) in [5.41, 5.74) is 1.10. The molecular weight excluding hydrogens is 272 g/mol. The van der Waals surface area contributed by atoms with Gasteiger partial charge in [0.15, 0.2) is 0 Å². The number of hydrogen-bond acceptors (Lipinski definition) is 5. The molecule has 0 spiro atoms. The van der Waals surface area contributed by atoms with Gasteiger partial charge in [-0.1, -0.05) is 13.8 Å². The zero-order chi connectivity index (χ0) is 14.1. The number of rotatable bonds is 6. The zero-order valence-electron chi connectivity index (χ0n) is 12.5. The van der Waals surface area contributed by atoms with Crippen LogP contribution in [0.15, 0.2) is 0 Å². The van der Waals surface area contributed by atoms with Crippen molar-refractivity contribution in [1.82, 2.24) is 10.3 Å². The maximum Gasteiger partial charge on any atom is 0.0990 e. The second kappa shape index (κ2) is 6.10. The fraction of sp³-hybridized carbons (Fsp3) is 0.800. The van der Waals surface area contributed by atoms with Gasteiger partial charge < -0.3 is 14.8 Å². The van der Waals surface area contributed by atoms with Gasteiger partial charge in [0.2, 0.25) is 0 Å². The third-order valence-corrected chi connectivity index (χ3v) is 5.40. The third-order valence-electron chi connectivity index (χ3n) is 4.17. The maximum absolute atomic E-state index is 5.97. The molecule has 0 radical (unpaired) electrons. The lowest BCUT2D eigenvalue weighted by atomic mass is 9.90. The van der Waals surface area contributed by atoms with E-state index in [1.165, 1.54) is 22.7 Å². The summed E-state index contributed by atoms with van der Waals surface area (Å²) in [6.45, 7) is 5.83. The lowest BCUT2D eigenvalue weighted by Crippen LogP contribution is -2.21. The van der Waals surface area contributed by atoms with Gasteiger partial charge in [-0.05, 0) is 19.3 Å². The summed E-state index contributed by atoms with van der Waals surface area (Å²) in [5, 5.41) is 4.74. The Bertz CT molecular complexity index is 461. The first-order valence-electron chi connectivity index (χ1n) is 7.53. The lowest BCUT2D eigenvalue weighted by molar-refractivity contribution is 0.100. The first-order valence-corrected chi connectivity index (χ1v) is 8.35. The Hall–Kier alpha value is -0.490. The molecule has 2 aliphatic heterocycles. The Morgan fingerprint density at radius 3 is 2.90 bits per heavy atom. The van der Waals surface area contributed by atoms with Crippen molar-refractivity contribution < 1.29 is 9.47 Å². The van der Waals surface area contributed by atoms with E-state index in [2.05, 4.69) is 19.2 Å². The van der Waals surface area contributed by atoms with Gasteiger partial charge >= 0.3 is 0 Å². The monoisotopic (exact) mass is 296 g/mol. The SMILES string of the molecule is COCc1nc(C2CC3CCC2O3)sc1CNC(C)C. The summed E-state index contributed by atoms with van der Waals surface area (Å²) in [6.07, 6.45) is 4.49.